The van der Waals surface area contributed by atoms with Crippen molar-refractivity contribution < 1.29 is 4.74 Å². The first-order valence-electron chi connectivity index (χ1n) is 7.96. The van der Waals surface area contributed by atoms with Crippen LogP contribution in [0, 0.1) is 6.92 Å². The zero-order valence-corrected chi connectivity index (χ0v) is 15.0. The van der Waals surface area contributed by atoms with Crippen molar-refractivity contribution in [2.75, 3.05) is 12.9 Å². The third-order valence-electron chi connectivity index (χ3n) is 3.51. The summed E-state index contributed by atoms with van der Waals surface area (Å²) in [6, 6.07) is 16.9. The third-order valence-corrected chi connectivity index (χ3v) is 4.56. The van der Waals surface area contributed by atoms with E-state index in [2.05, 4.69) is 61.6 Å². The van der Waals surface area contributed by atoms with E-state index in [0.717, 1.165) is 24.5 Å². The SMILES string of the molecule is CC/C=C(\CSc1cccc(C)c1)NCc1ccc(OC)cc1. The minimum absolute atomic E-state index is 0.838. The van der Waals surface area contributed by atoms with E-state index >= 15 is 0 Å². The summed E-state index contributed by atoms with van der Waals surface area (Å²) < 4.78 is 5.20. The van der Waals surface area contributed by atoms with Crippen LogP contribution in [0.1, 0.15) is 24.5 Å². The van der Waals surface area contributed by atoms with Crippen LogP contribution >= 0.6 is 11.8 Å². The summed E-state index contributed by atoms with van der Waals surface area (Å²) in [5, 5.41) is 3.56. The molecule has 0 aliphatic rings. The molecule has 0 heterocycles. The first-order valence-corrected chi connectivity index (χ1v) is 8.95. The molecule has 0 bridgehead atoms. The Morgan fingerprint density at radius 1 is 1.17 bits per heavy atom. The lowest BCUT2D eigenvalue weighted by Crippen LogP contribution is -2.14. The lowest BCUT2D eigenvalue weighted by molar-refractivity contribution is 0.414. The molecule has 0 aromatic heterocycles. The fourth-order valence-corrected chi connectivity index (χ4v) is 3.24. The Hall–Kier alpha value is -1.87. The third kappa shape index (κ3) is 6.03. The summed E-state index contributed by atoms with van der Waals surface area (Å²) in [4.78, 5) is 1.32. The quantitative estimate of drug-likeness (QED) is 0.675. The minimum atomic E-state index is 0.838. The van der Waals surface area contributed by atoms with Gasteiger partial charge in [0.2, 0.25) is 0 Å². The molecule has 0 aliphatic carbocycles. The number of ether oxygens (including phenoxy) is 1. The fraction of sp³-hybridized carbons (Fsp3) is 0.300. The van der Waals surface area contributed by atoms with Gasteiger partial charge in [-0.15, -0.1) is 11.8 Å². The molecule has 0 saturated carbocycles. The fourth-order valence-electron chi connectivity index (χ4n) is 2.25. The molecule has 0 radical (unpaired) electrons. The van der Waals surface area contributed by atoms with Crippen molar-refractivity contribution in [2.24, 2.45) is 0 Å². The second-order valence-corrected chi connectivity index (χ2v) is 6.49. The smallest absolute Gasteiger partial charge is 0.118 e. The number of methoxy groups -OCH3 is 1. The molecule has 0 fully saturated rings. The van der Waals surface area contributed by atoms with Gasteiger partial charge in [0.15, 0.2) is 0 Å². The van der Waals surface area contributed by atoms with Crippen LogP contribution in [-0.2, 0) is 6.54 Å². The molecule has 3 heteroatoms. The summed E-state index contributed by atoms with van der Waals surface area (Å²) in [7, 11) is 1.69. The van der Waals surface area contributed by atoms with Crippen LogP contribution in [0.4, 0.5) is 0 Å². The van der Waals surface area contributed by atoms with Crippen molar-refractivity contribution in [1.29, 1.82) is 0 Å². The molecule has 0 saturated heterocycles. The maximum Gasteiger partial charge on any atom is 0.118 e. The van der Waals surface area contributed by atoms with Crippen molar-refractivity contribution >= 4 is 11.8 Å². The van der Waals surface area contributed by atoms with Gasteiger partial charge < -0.3 is 10.1 Å². The molecule has 2 rings (SSSR count). The van der Waals surface area contributed by atoms with Gasteiger partial charge in [-0.3, -0.25) is 0 Å². The van der Waals surface area contributed by atoms with Gasteiger partial charge in [0.1, 0.15) is 5.75 Å². The van der Waals surface area contributed by atoms with E-state index in [-0.39, 0.29) is 0 Å². The number of nitrogens with one attached hydrogen (secondary N) is 1. The van der Waals surface area contributed by atoms with Crippen LogP contribution in [0.25, 0.3) is 0 Å². The predicted octanol–water partition coefficient (Wildman–Crippen LogP) is 5.18. The Balaban J connectivity index is 1.89. The monoisotopic (exact) mass is 327 g/mol. The van der Waals surface area contributed by atoms with Crippen molar-refractivity contribution in [3.8, 4) is 5.75 Å². The van der Waals surface area contributed by atoms with Gasteiger partial charge in [-0.05, 0) is 43.2 Å². The lowest BCUT2D eigenvalue weighted by atomic mass is 10.2. The van der Waals surface area contributed by atoms with E-state index in [0.29, 0.717) is 0 Å². The molecule has 2 nitrogen and oxygen atoms in total. The van der Waals surface area contributed by atoms with E-state index < -0.39 is 0 Å². The zero-order chi connectivity index (χ0) is 16.5. The number of benzene rings is 2. The average Bonchev–Trinajstić information content (AvgIpc) is 2.58. The summed E-state index contributed by atoms with van der Waals surface area (Å²) in [6.45, 7) is 5.14. The molecule has 122 valence electrons. The maximum absolute atomic E-state index is 5.20. The van der Waals surface area contributed by atoms with Crippen LogP contribution in [0.5, 0.6) is 5.75 Å². The average molecular weight is 327 g/mol. The molecule has 0 aliphatic heterocycles. The molecule has 0 amide bonds. The molecule has 1 N–H and O–H groups in total. The largest absolute Gasteiger partial charge is 0.497 e. The summed E-state index contributed by atoms with van der Waals surface area (Å²) in [6.07, 6.45) is 3.31. The van der Waals surface area contributed by atoms with Gasteiger partial charge in [0, 0.05) is 22.9 Å². The van der Waals surface area contributed by atoms with E-state index in [1.165, 1.54) is 21.7 Å². The first kappa shape index (κ1) is 17.5. The van der Waals surface area contributed by atoms with Crippen LogP contribution in [-0.4, -0.2) is 12.9 Å². The topological polar surface area (TPSA) is 21.3 Å². The van der Waals surface area contributed by atoms with Crippen molar-refractivity contribution in [3.05, 3.63) is 71.4 Å². The molecule has 0 atom stereocenters. The maximum atomic E-state index is 5.20. The lowest BCUT2D eigenvalue weighted by Gasteiger charge is -2.12. The molecule has 2 aromatic carbocycles. The van der Waals surface area contributed by atoms with Gasteiger partial charge >= 0.3 is 0 Å². The Labute approximate surface area is 144 Å². The highest BCUT2D eigenvalue weighted by atomic mass is 32.2. The number of rotatable bonds is 8. The Morgan fingerprint density at radius 2 is 1.96 bits per heavy atom. The normalized spacial score (nSPS) is 11.3. The van der Waals surface area contributed by atoms with Gasteiger partial charge in [-0.25, -0.2) is 0 Å². The molecule has 0 spiro atoms. The minimum Gasteiger partial charge on any atom is -0.497 e. The number of allylic oxidation sites excluding steroid dienone is 1. The highest BCUT2D eigenvalue weighted by Crippen LogP contribution is 2.21. The number of hydrogen-bond donors (Lipinski definition) is 1. The van der Waals surface area contributed by atoms with Gasteiger partial charge in [0.25, 0.3) is 0 Å². The number of hydrogen-bond acceptors (Lipinski definition) is 3. The summed E-state index contributed by atoms with van der Waals surface area (Å²) >= 11 is 1.87. The first-order chi connectivity index (χ1) is 11.2. The summed E-state index contributed by atoms with van der Waals surface area (Å²) in [5.74, 6) is 1.86. The Morgan fingerprint density at radius 3 is 2.61 bits per heavy atom. The Kier molecular flexibility index (Phi) is 7.08. The molecule has 0 unspecified atom stereocenters. The van der Waals surface area contributed by atoms with Crippen molar-refractivity contribution in [1.82, 2.24) is 5.32 Å². The van der Waals surface area contributed by atoms with Crippen LogP contribution in [0.2, 0.25) is 0 Å². The highest BCUT2D eigenvalue weighted by molar-refractivity contribution is 7.99. The highest BCUT2D eigenvalue weighted by Gasteiger charge is 2.01. The van der Waals surface area contributed by atoms with Crippen LogP contribution in [0.15, 0.2) is 65.2 Å². The number of thioether (sulfide) groups is 1. The van der Waals surface area contributed by atoms with Crippen molar-refractivity contribution in [2.45, 2.75) is 31.7 Å². The zero-order valence-electron chi connectivity index (χ0n) is 14.1. The van der Waals surface area contributed by atoms with Gasteiger partial charge in [-0.1, -0.05) is 42.8 Å². The van der Waals surface area contributed by atoms with E-state index in [4.69, 9.17) is 4.74 Å². The van der Waals surface area contributed by atoms with E-state index in [1.807, 2.05) is 23.9 Å². The molecular weight excluding hydrogens is 302 g/mol. The van der Waals surface area contributed by atoms with Gasteiger partial charge in [0.05, 0.1) is 7.11 Å². The predicted molar refractivity (Wildman–Crippen MR) is 100 cm³/mol. The number of aryl methyl sites for hydroxylation is 1. The standard InChI is InChI=1S/C20H25NOS/c1-4-6-18(15-23-20-8-5-7-16(2)13-20)21-14-17-9-11-19(22-3)12-10-17/h5-13,21H,4,14-15H2,1-3H3/b18-6+. The van der Waals surface area contributed by atoms with E-state index in [9.17, 15) is 0 Å². The molecule has 2 aromatic rings. The van der Waals surface area contributed by atoms with Gasteiger partial charge in [-0.2, -0.15) is 0 Å². The van der Waals surface area contributed by atoms with Crippen molar-refractivity contribution in [3.63, 3.8) is 0 Å². The van der Waals surface area contributed by atoms with Crippen LogP contribution in [0.3, 0.4) is 0 Å². The Bertz CT molecular complexity index is 634. The second kappa shape index (κ2) is 9.31. The molecule has 23 heavy (non-hydrogen) atoms. The van der Waals surface area contributed by atoms with E-state index in [1.54, 1.807) is 7.11 Å². The molecular formula is C20H25NOS. The second-order valence-electron chi connectivity index (χ2n) is 5.44. The van der Waals surface area contributed by atoms with Crippen LogP contribution < -0.4 is 10.1 Å². The summed E-state index contributed by atoms with van der Waals surface area (Å²) in [5.41, 5.74) is 3.85.